The fourth-order valence-electron chi connectivity index (χ4n) is 1.82. The normalized spacial score (nSPS) is 10.9. The van der Waals surface area contributed by atoms with Crippen LogP contribution in [0.1, 0.15) is 31.1 Å². The molecule has 0 aliphatic rings. The number of rotatable bonds is 3. The van der Waals surface area contributed by atoms with Crippen LogP contribution in [0, 0.1) is 5.41 Å². The van der Waals surface area contributed by atoms with Crippen molar-refractivity contribution >= 4 is 23.2 Å². The predicted octanol–water partition coefficient (Wildman–Crippen LogP) is 3.92. The minimum atomic E-state index is -0.525. The third-order valence-corrected chi connectivity index (χ3v) is 3.13. The van der Waals surface area contributed by atoms with E-state index in [4.69, 9.17) is 0 Å². The highest BCUT2D eigenvalue weighted by Crippen LogP contribution is 2.21. The van der Waals surface area contributed by atoms with Crippen LogP contribution in [-0.2, 0) is 4.79 Å². The quantitative estimate of drug-likeness (QED) is 0.901. The molecule has 0 bridgehead atoms. The van der Waals surface area contributed by atoms with E-state index in [1.165, 1.54) is 0 Å². The summed E-state index contributed by atoms with van der Waals surface area (Å²) in [6, 6.07) is 16.2. The molecule has 0 aliphatic heterocycles. The second kappa shape index (κ2) is 6.43. The van der Waals surface area contributed by atoms with Gasteiger partial charge >= 0.3 is 0 Å². The molecule has 114 valence electrons. The lowest BCUT2D eigenvalue weighted by Gasteiger charge is -2.19. The molecule has 4 nitrogen and oxygen atoms in total. The standard InChI is InChI=1S/C18H20N2O2/c1-18(2,3)17(22)20-15-12-8-7-11-14(15)16(21)19-13-9-5-4-6-10-13/h4-12H,1-3H3,(H,19,21)(H,20,22). The Morgan fingerprint density at radius 3 is 2.05 bits per heavy atom. The zero-order valence-corrected chi connectivity index (χ0v) is 13.0. The smallest absolute Gasteiger partial charge is 0.257 e. The topological polar surface area (TPSA) is 58.2 Å². The van der Waals surface area contributed by atoms with Gasteiger partial charge < -0.3 is 10.6 Å². The van der Waals surface area contributed by atoms with E-state index in [1.54, 1.807) is 24.3 Å². The Kier molecular flexibility index (Phi) is 4.61. The maximum Gasteiger partial charge on any atom is 0.257 e. The third kappa shape index (κ3) is 3.95. The molecule has 2 aromatic rings. The van der Waals surface area contributed by atoms with Crippen molar-refractivity contribution in [3.8, 4) is 0 Å². The van der Waals surface area contributed by atoms with Crippen LogP contribution in [0.3, 0.4) is 0 Å². The van der Waals surface area contributed by atoms with E-state index in [0.29, 0.717) is 16.9 Å². The SMILES string of the molecule is CC(C)(C)C(=O)Nc1ccccc1C(=O)Nc1ccccc1. The average Bonchev–Trinajstić information content (AvgIpc) is 2.47. The Hall–Kier alpha value is -2.62. The van der Waals surface area contributed by atoms with E-state index in [0.717, 1.165) is 0 Å². The fraction of sp³-hybridized carbons (Fsp3) is 0.222. The van der Waals surface area contributed by atoms with Gasteiger partial charge in [0.25, 0.3) is 5.91 Å². The molecule has 0 spiro atoms. The molecule has 2 aromatic carbocycles. The number of amides is 2. The summed E-state index contributed by atoms with van der Waals surface area (Å²) in [5.74, 6) is -0.386. The largest absolute Gasteiger partial charge is 0.325 e. The monoisotopic (exact) mass is 296 g/mol. The minimum Gasteiger partial charge on any atom is -0.325 e. The molecule has 0 fully saturated rings. The maximum absolute atomic E-state index is 12.4. The Labute approximate surface area is 130 Å². The molecule has 2 rings (SSSR count). The second-order valence-electron chi connectivity index (χ2n) is 6.07. The molecular weight excluding hydrogens is 276 g/mol. The van der Waals surface area contributed by atoms with Crippen LogP contribution in [0.15, 0.2) is 54.6 Å². The number of para-hydroxylation sites is 2. The van der Waals surface area contributed by atoms with Gasteiger partial charge in [-0.3, -0.25) is 9.59 Å². The lowest BCUT2D eigenvalue weighted by molar-refractivity contribution is -0.123. The average molecular weight is 296 g/mol. The zero-order chi connectivity index (χ0) is 16.2. The van der Waals surface area contributed by atoms with Crippen LogP contribution in [0.5, 0.6) is 0 Å². The molecule has 0 aliphatic carbocycles. The summed E-state index contributed by atoms with van der Waals surface area (Å²) < 4.78 is 0. The Morgan fingerprint density at radius 1 is 0.818 bits per heavy atom. The first kappa shape index (κ1) is 15.8. The fourth-order valence-corrected chi connectivity index (χ4v) is 1.82. The summed E-state index contributed by atoms with van der Waals surface area (Å²) in [7, 11) is 0. The van der Waals surface area contributed by atoms with E-state index in [9.17, 15) is 9.59 Å². The predicted molar refractivity (Wildman–Crippen MR) is 88.9 cm³/mol. The summed E-state index contributed by atoms with van der Waals surface area (Å²) in [4.78, 5) is 24.5. The molecular formula is C18H20N2O2. The first-order valence-corrected chi connectivity index (χ1v) is 7.15. The van der Waals surface area contributed by atoms with E-state index < -0.39 is 5.41 Å². The van der Waals surface area contributed by atoms with Crippen LogP contribution in [-0.4, -0.2) is 11.8 Å². The second-order valence-corrected chi connectivity index (χ2v) is 6.07. The first-order chi connectivity index (χ1) is 10.4. The number of anilines is 2. The van der Waals surface area contributed by atoms with Gasteiger partial charge in [-0.15, -0.1) is 0 Å². The summed E-state index contributed by atoms with van der Waals surface area (Å²) in [6.45, 7) is 5.49. The molecule has 2 N–H and O–H groups in total. The molecule has 4 heteroatoms. The van der Waals surface area contributed by atoms with Crippen molar-refractivity contribution in [1.29, 1.82) is 0 Å². The van der Waals surface area contributed by atoms with Gasteiger partial charge in [-0.25, -0.2) is 0 Å². The number of benzene rings is 2. The van der Waals surface area contributed by atoms with Gasteiger partial charge in [0.15, 0.2) is 0 Å². The van der Waals surface area contributed by atoms with Crippen molar-refractivity contribution in [2.45, 2.75) is 20.8 Å². The molecule has 0 unspecified atom stereocenters. The molecule has 2 amide bonds. The van der Waals surface area contributed by atoms with Crippen LogP contribution in [0.25, 0.3) is 0 Å². The van der Waals surface area contributed by atoms with E-state index in [1.807, 2.05) is 51.1 Å². The van der Waals surface area contributed by atoms with Gasteiger partial charge in [-0.2, -0.15) is 0 Å². The van der Waals surface area contributed by atoms with Crippen molar-refractivity contribution in [2.24, 2.45) is 5.41 Å². The molecule has 0 radical (unpaired) electrons. The van der Waals surface area contributed by atoms with Crippen LogP contribution < -0.4 is 10.6 Å². The van der Waals surface area contributed by atoms with Crippen molar-refractivity contribution in [3.05, 3.63) is 60.2 Å². The van der Waals surface area contributed by atoms with E-state index in [2.05, 4.69) is 10.6 Å². The maximum atomic E-state index is 12.4. The van der Waals surface area contributed by atoms with E-state index >= 15 is 0 Å². The van der Waals surface area contributed by atoms with Crippen LogP contribution in [0.2, 0.25) is 0 Å². The first-order valence-electron chi connectivity index (χ1n) is 7.15. The van der Waals surface area contributed by atoms with Gasteiger partial charge in [0.2, 0.25) is 5.91 Å². The third-order valence-electron chi connectivity index (χ3n) is 3.13. The highest BCUT2D eigenvalue weighted by Gasteiger charge is 2.23. The number of hydrogen-bond acceptors (Lipinski definition) is 2. The van der Waals surface area contributed by atoms with Crippen molar-refractivity contribution in [1.82, 2.24) is 0 Å². The molecule has 0 heterocycles. The summed E-state index contributed by atoms with van der Waals surface area (Å²) in [5.41, 5.74) is 1.13. The van der Waals surface area contributed by atoms with Gasteiger partial charge in [0, 0.05) is 11.1 Å². The summed E-state index contributed by atoms with van der Waals surface area (Å²) >= 11 is 0. The van der Waals surface area contributed by atoms with Crippen LogP contribution >= 0.6 is 0 Å². The Morgan fingerprint density at radius 2 is 1.41 bits per heavy atom. The van der Waals surface area contributed by atoms with Gasteiger partial charge in [0.1, 0.15) is 0 Å². The number of carbonyl (C=O) groups is 2. The Balaban J connectivity index is 2.21. The van der Waals surface area contributed by atoms with Crippen molar-refractivity contribution in [3.63, 3.8) is 0 Å². The molecule has 0 atom stereocenters. The summed E-state index contributed by atoms with van der Waals surface area (Å²) in [5, 5.41) is 5.64. The summed E-state index contributed by atoms with van der Waals surface area (Å²) in [6.07, 6.45) is 0. The molecule has 0 aromatic heterocycles. The number of hydrogen-bond donors (Lipinski definition) is 2. The lowest BCUT2D eigenvalue weighted by atomic mass is 9.95. The molecule has 0 saturated carbocycles. The number of nitrogens with one attached hydrogen (secondary N) is 2. The lowest BCUT2D eigenvalue weighted by Crippen LogP contribution is -2.28. The zero-order valence-electron chi connectivity index (χ0n) is 13.0. The van der Waals surface area contributed by atoms with Gasteiger partial charge in [-0.05, 0) is 24.3 Å². The Bertz CT molecular complexity index is 673. The van der Waals surface area contributed by atoms with Gasteiger partial charge in [0.05, 0.1) is 11.3 Å². The molecule has 22 heavy (non-hydrogen) atoms. The molecule has 0 saturated heterocycles. The van der Waals surface area contributed by atoms with Gasteiger partial charge in [-0.1, -0.05) is 51.1 Å². The van der Waals surface area contributed by atoms with Crippen LogP contribution in [0.4, 0.5) is 11.4 Å². The minimum absolute atomic E-state index is 0.132. The highest BCUT2D eigenvalue weighted by atomic mass is 16.2. The van der Waals surface area contributed by atoms with Crippen molar-refractivity contribution in [2.75, 3.05) is 10.6 Å². The van der Waals surface area contributed by atoms with Crippen molar-refractivity contribution < 1.29 is 9.59 Å². The highest BCUT2D eigenvalue weighted by molar-refractivity contribution is 6.10. The van der Waals surface area contributed by atoms with E-state index in [-0.39, 0.29) is 11.8 Å². The number of carbonyl (C=O) groups excluding carboxylic acids is 2.